The Balaban J connectivity index is 1.80. The van der Waals surface area contributed by atoms with Gasteiger partial charge in [0.25, 0.3) is 0 Å². The van der Waals surface area contributed by atoms with Crippen molar-refractivity contribution < 1.29 is 0 Å². The molecule has 0 fully saturated rings. The van der Waals surface area contributed by atoms with Crippen LogP contribution in [0.1, 0.15) is 69.5 Å². The first-order valence-electron chi connectivity index (χ1n) is 8.35. The fourth-order valence-corrected chi connectivity index (χ4v) is 3.09. The molecule has 1 aliphatic heterocycles. The fraction of sp³-hybridized carbons (Fsp3) is 0.667. The molecular weight excluding hydrogens is 244 g/mol. The fourth-order valence-electron chi connectivity index (χ4n) is 3.09. The number of unbranched alkanes of at least 4 members (excludes halogenated alkanes) is 5. The Morgan fingerprint density at radius 2 is 1.90 bits per heavy atom. The Hall–Kier alpha value is -1.02. The molecule has 1 heterocycles. The highest BCUT2D eigenvalue weighted by Gasteiger charge is 2.19. The van der Waals surface area contributed by atoms with Crippen molar-refractivity contribution in [3.05, 3.63) is 29.3 Å². The topological polar surface area (TPSA) is 29.3 Å². The van der Waals surface area contributed by atoms with Crippen molar-refractivity contribution in [3.63, 3.8) is 0 Å². The highest BCUT2D eigenvalue weighted by atomic mass is 15.1. The van der Waals surface area contributed by atoms with Crippen LogP contribution < -0.4 is 10.6 Å². The zero-order valence-electron chi connectivity index (χ0n) is 13.2. The van der Waals surface area contributed by atoms with Crippen molar-refractivity contribution in [1.29, 1.82) is 0 Å². The van der Waals surface area contributed by atoms with Crippen molar-refractivity contribution in [2.45, 2.75) is 64.8 Å². The highest BCUT2D eigenvalue weighted by Crippen LogP contribution is 2.30. The van der Waals surface area contributed by atoms with E-state index in [9.17, 15) is 0 Å². The molecule has 1 aromatic rings. The van der Waals surface area contributed by atoms with Gasteiger partial charge in [-0.3, -0.25) is 0 Å². The molecule has 0 aliphatic carbocycles. The van der Waals surface area contributed by atoms with Gasteiger partial charge in [-0.25, -0.2) is 0 Å². The van der Waals surface area contributed by atoms with Crippen molar-refractivity contribution >= 4 is 5.69 Å². The average molecular weight is 274 g/mol. The first-order valence-corrected chi connectivity index (χ1v) is 8.35. The van der Waals surface area contributed by atoms with Crippen LogP contribution in [-0.4, -0.2) is 13.1 Å². The predicted molar refractivity (Wildman–Crippen MR) is 88.3 cm³/mol. The molecule has 112 valence electrons. The van der Waals surface area contributed by atoms with Gasteiger partial charge in [-0.1, -0.05) is 51.2 Å². The first kappa shape index (κ1) is 15.4. The molecule has 0 amide bonds. The van der Waals surface area contributed by atoms with Crippen LogP contribution in [0.2, 0.25) is 0 Å². The minimum absolute atomic E-state index is 0.146. The lowest BCUT2D eigenvalue weighted by Crippen LogP contribution is -2.21. The Morgan fingerprint density at radius 1 is 1.15 bits per heavy atom. The van der Waals surface area contributed by atoms with Crippen LogP contribution in [0, 0.1) is 0 Å². The van der Waals surface area contributed by atoms with Gasteiger partial charge in [-0.15, -0.1) is 0 Å². The summed E-state index contributed by atoms with van der Waals surface area (Å²) >= 11 is 0. The molecule has 1 aromatic carbocycles. The second-order valence-corrected chi connectivity index (χ2v) is 6.18. The van der Waals surface area contributed by atoms with E-state index in [-0.39, 0.29) is 6.04 Å². The van der Waals surface area contributed by atoms with Gasteiger partial charge < -0.3 is 10.6 Å². The Kier molecular flexibility index (Phi) is 5.90. The number of rotatable bonds is 8. The van der Waals surface area contributed by atoms with E-state index in [2.05, 4.69) is 36.9 Å². The third-order valence-electron chi connectivity index (χ3n) is 4.40. The SMILES string of the molecule is CCCCCCCCN1CCc2cc(C(C)N)ccc21. The molecule has 20 heavy (non-hydrogen) atoms. The number of fused-ring (bicyclic) bond motifs is 1. The van der Waals surface area contributed by atoms with E-state index < -0.39 is 0 Å². The lowest BCUT2D eigenvalue weighted by Gasteiger charge is -2.19. The highest BCUT2D eigenvalue weighted by molar-refractivity contribution is 5.59. The molecule has 2 heteroatoms. The van der Waals surface area contributed by atoms with Crippen molar-refractivity contribution in [2.24, 2.45) is 5.73 Å². The number of hydrogen-bond acceptors (Lipinski definition) is 2. The van der Waals surface area contributed by atoms with Gasteiger partial charge in [-0.05, 0) is 37.0 Å². The van der Waals surface area contributed by atoms with Gasteiger partial charge in [-0.2, -0.15) is 0 Å². The lowest BCUT2D eigenvalue weighted by molar-refractivity contribution is 0.602. The molecule has 2 rings (SSSR count). The number of hydrogen-bond donors (Lipinski definition) is 1. The molecule has 2 nitrogen and oxygen atoms in total. The molecule has 1 atom stereocenters. The van der Waals surface area contributed by atoms with Gasteiger partial charge in [0.15, 0.2) is 0 Å². The van der Waals surface area contributed by atoms with Gasteiger partial charge in [0.2, 0.25) is 0 Å². The summed E-state index contributed by atoms with van der Waals surface area (Å²) in [4.78, 5) is 2.56. The summed E-state index contributed by atoms with van der Waals surface area (Å²) in [6, 6.07) is 6.93. The van der Waals surface area contributed by atoms with E-state index in [0.717, 1.165) is 0 Å². The van der Waals surface area contributed by atoms with E-state index in [1.165, 1.54) is 74.8 Å². The molecule has 0 aromatic heterocycles. The maximum atomic E-state index is 5.97. The number of nitrogens with two attached hydrogens (primary N) is 1. The molecule has 1 aliphatic rings. The largest absolute Gasteiger partial charge is 0.371 e. The maximum absolute atomic E-state index is 5.97. The molecule has 0 radical (unpaired) electrons. The van der Waals surface area contributed by atoms with Crippen LogP contribution in [0.3, 0.4) is 0 Å². The quantitative estimate of drug-likeness (QED) is 0.711. The van der Waals surface area contributed by atoms with Crippen LogP contribution in [0.15, 0.2) is 18.2 Å². The van der Waals surface area contributed by atoms with Crippen LogP contribution in [0.4, 0.5) is 5.69 Å². The van der Waals surface area contributed by atoms with Crippen molar-refractivity contribution in [2.75, 3.05) is 18.0 Å². The van der Waals surface area contributed by atoms with E-state index in [4.69, 9.17) is 5.73 Å². The molecule has 0 bridgehead atoms. The molecule has 0 spiro atoms. The Morgan fingerprint density at radius 3 is 2.65 bits per heavy atom. The summed E-state index contributed by atoms with van der Waals surface area (Å²) in [6.07, 6.45) is 9.44. The van der Waals surface area contributed by atoms with E-state index in [1.54, 1.807) is 0 Å². The van der Waals surface area contributed by atoms with E-state index in [1.807, 2.05) is 0 Å². The Labute approximate surface area is 124 Å². The number of anilines is 1. The minimum atomic E-state index is 0.146. The number of nitrogens with zero attached hydrogens (tertiary/aromatic N) is 1. The van der Waals surface area contributed by atoms with Crippen LogP contribution in [0.25, 0.3) is 0 Å². The van der Waals surface area contributed by atoms with Crippen molar-refractivity contribution in [1.82, 2.24) is 0 Å². The molecule has 2 N–H and O–H groups in total. The summed E-state index contributed by atoms with van der Waals surface area (Å²) < 4.78 is 0. The molecule has 0 saturated heterocycles. The first-order chi connectivity index (χ1) is 9.72. The Bertz CT molecular complexity index is 412. The van der Waals surface area contributed by atoms with Gasteiger partial charge >= 0.3 is 0 Å². The second-order valence-electron chi connectivity index (χ2n) is 6.18. The standard InChI is InChI=1S/C18H30N2/c1-3-4-5-6-7-8-12-20-13-11-17-14-16(15(2)19)9-10-18(17)20/h9-10,14-15H,3-8,11-13,19H2,1-2H3. The molecule has 1 unspecified atom stereocenters. The monoisotopic (exact) mass is 274 g/mol. The minimum Gasteiger partial charge on any atom is -0.371 e. The molecule has 0 saturated carbocycles. The van der Waals surface area contributed by atoms with Crippen LogP contribution >= 0.6 is 0 Å². The van der Waals surface area contributed by atoms with Crippen molar-refractivity contribution in [3.8, 4) is 0 Å². The summed E-state index contributed by atoms with van der Waals surface area (Å²) in [5.74, 6) is 0. The zero-order valence-corrected chi connectivity index (χ0v) is 13.2. The van der Waals surface area contributed by atoms with Gasteiger partial charge in [0.1, 0.15) is 0 Å². The van der Waals surface area contributed by atoms with Crippen LogP contribution in [0.5, 0.6) is 0 Å². The average Bonchev–Trinajstić information content (AvgIpc) is 2.85. The predicted octanol–water partition coefficient (Wildman–Crippen LogP) is 4.43. The van der Waals surface area contributed by atoms with E-state index >= 15 is 0 Å². The summed E-state index contributed by atoms with van der Waals surface area (Å²) in [6.45, 7) is 6.74. The summed E-state index contributed by atoms with van der Waals surface area (Å²) in [7, 11) is 0. The van der Waals surface area contributed by atoms with Gasteiger partial charge in [0.05, 0.1) is 0 Å². The smallest absolute Gasteiger partial charge is 0.0399 e. The van der Waals surface area contributed by atoms with Crippen LogP contribution in [-0.2, 0) is 6.42 Å². The number of benzene rings is 1. The summed E-state index contributed by atoms with van der Waals surface area (Å²) in [5.41, 5.74) is 10.2. The summed E-state index contributed by atoms with van der Waals surface area (Å²) in [5, 5.41) is 0. The lowest BCUT2D eigenvalue weighted by atomic mass is 10.0. The third kappa shape index (κ3) is 3.99. The van der Waals surface area contributed by atoms with Gasteiger partial charge in [0, 0.05) is 24.8 Å². The van der Waals surface area contributed by atoms with E-state index in [0.29, 0.717) is 0 Å². The second kappa shape index (κ2) is 7.68. The third-order valence-corrected chi connectivity index (χ3v) is 4.40. The maximum Gasteiger partial charge on any atom is 0.0399 e. The zero-order chi connectivity index (χ0) is 14.4. The molecular formula is C18H30N2. The normalized spacial score (nSPS) is 15.4.